The van der Waals surface area contributed by atoms with Crippen LogP contribution in [0.15, 0.2) is 23.1 Å². The molecule has 2 rings (SSSR count). The maximum Gasteiger partial charge on any atom is 0.0542 e. The molecule has 0 aromatic heterocycles. The van der Waals surface area contributed by atoms with Gasteiger partial charge >= 0.3 is 0 Å². The maximum atomic E-state index is 6.10. The second-order valence-corrected chi connectivity index (χ2v) is 6.48. The number of nitrogens with one attached hydrogen (secondary N) is 1. The zero-order chi connectivity index (χ0) is 12.3. The van der Waals surface area contributed by atoms with Gasteiger partial charge in [-0.3, -0.25) is 0 Å². The van der Waals surface area contributed by atoms with Gasteiger partial charge < -0.3 is 5.32 Å². The molecule has 1 N–H and O–H groups in total. The molecular formula is C13H17Cl2NS. The Labute approximate surface area is 117 Å². The third-order valence-corrected chi connectivity index (χ3v) is 4.78. The fraction of sp³-hybridized carbons (Fsp3) is 0.538. The molecule has 1 nitrogen and oxygen atoms in total. The molecule has 1 aliphatic rings. The molecule has 1 atom stereocenters. The van der Waals surface area contributed by atoms with E-state index in [1.807, 2.05) is 18.2 Å². The second kappa shape index (κ2) is 6.33. The largest absolute Gasteiger partial charge is 0.313 e. The van der Waals surface area contributed by atoms with Crippen molar-refractivity contribution in [2.45, 2.75) is 30.7 Å². The van der Waals surface area contributed by atoms with Crippen LogP contribution in [0, 0.1) is 5.92 Å². The van der Waals surface area contributed by atoms with Crippen LogP contribution < -0.4 is 5.32 Å². The Morgan fingerprint density at radius 2 is 2.18 bits per heavy atom. The molecule has 0 bridgehead atoms. The van der Waals surface area contributed by atoms with Crippen molar-refractivity contribution >= 4 is 35.0 Å². The third-order valence-electron chi connectivity index (χ3n) is 3.05. The summed E-state index contributed by atoms with van der Waals surface area (Å²) in [4.78, 5) is 1.07. The standard InChI is InChI=1S/C13H17Cl2NS/c1-9(10-2-3-10)16-6-7-17-13-8-11(14)4-5-12(13)15/h4-5,8-10,16H,2-3,6-7H2,1H3. The van der Waals surface area contributed by atoms with Crippen molar-refractivity contribution in [1.29, 1.82) is 0 Å². The molecule has 17 heavy (non-hydrogen) atoms. The van der Waals surface area contributed by atoms with E-state index < -0.39 is 0 Å². The highest BCUT2D eigenvalue weighted by atomic mass is 35.5. The van der Waals surface area contributed by atoms with Crippen LogP contribution in [0.2, 0.25) is 10.0 Å². The SMILES string of the molecule is CC(NCCSc1cc(Cl)ccc1Cl)C1CC1. The van der Waals surface area contributed by atoms with Gasteiger partial charge in [-0.25, -0.2) is 0 Å². The minimum Gasteiger partial charge on any atom is -0.313 e. The number of halogens is 2. The fourth-order valence-electron chi connectivity index (χ4n) is 1.80. The van der Waals surface area contributed by atoms with Crippen LogP contribution in [0.25, 0.3) is 0 Å². The van der Waals surface area contributed by atoms with Crippen LogP contribution in [-0.4, -0.2) is 18.3 Å². The van der Waals surface area contributed by atoms with Gasteiger partial charge in [0.1, 0.15) is 0 Å². The van der Waals surface area contributed by atoms with Gasteiger partial charge in [-0.05, 0) is 43.9 Å². The van der Waals surface area contributed by atoms with Gasteiger partial charge in [-0.15, -0.1) is 11.8 Å². The quantitative estimate of drug-likeness (QED) is 0.612. The van der Waals surface area contributed by atoms with Crippen LogP contribution in [0.1, 0.15) is 19.8 Å². The predicted octanol–water partition coefficient (Wildman–Crippen LogP) is 4.47. The molecule has 0 radical (unpaired) electrons. The number of benzene rings is 1. The molecule has 1 aromatic carbocycles. The number of thioether (sulfide) groups is 1. The highest BCUT2D eigenvalue weighted by Crippen LogP contribution is 2.32. The molecule has 0 amide bonds. The molecule has 0 spiro atoms. The Balaban J connectivity index is 1.71. The Morgan fingerprint density at radius 3 is 2.88 bits per heavy atom. The molecule has 0 saturated heterocycles. The Kier molecular flexibility index (Phi) is 5.04. The molecule has 1 fully saturated rings. The van der Waals surface area contributed by atoms with Gasteiger partial charge in [-0.1, -0.05) is 23.2 Å². The smallest absolute Gasteiger partial charge is 0.0542 e. The number of hydrogen-bond donors (Lipinski definition) is 1. The van der Waals surface area contributed by atoms with Crippen molar-refractivity contribution in [3.63, 3.8) is 0 Å². The van der Waals surface area contributed by atoms with Gasteiger partial charge in [0.05, 0.1) is 5.02 Å². The lowest BCUT2D eigenvalue weighted by Crippen LogP contribution is -2.29. The van der Waals surface area contributed by atoms with E-state index in [9.17, 15) is 0 Å². The first-order valence-electron chi connectivity index (χ1n) is 5.98. The molecule has 0 aliphatic heterocycles. The molecule has 4 heteroatoms. The summed E-state index contributed by atoms with van der Waals surface area (Å²) < 4.78 is 0. The van der Waals surface area contributed by atoms with Crippen molar-refractivity contribution in [2.75, 3.05) is 12.3 Å². The van der Waals surface area contributed by atoms with Crippen LogP contribution in [0.4, 0.5) is 0 Å². The molecule has 1 aromatic rings. The van der Waals surface area contributed by atoms with E-state index in [2.05, 4.69) is 12.2 Å². The average molecular weight is 290 g/mol. The van der Waals surface area contributed by atoms with Gasteiger partial charge in [0.15, 0.2) is 0 Å². The summed E-state index contributed by atoms with van der Waals surface area (Å²) >= 11 is 13.8. The van der Waals surface area contributed by atoms with Crippen LogP contribution in [0.3, 0.4) is 0 Å². The van der Waals surface area contributed by atoms with Crippen LogP contribution in [0.5, 0.6) is 0 Å². The summed E-state index contributed by atoms with van der Waals surface area (Å²) in [6.07, 6.45) is 2.78. The normalized spacial score (nSPS) is 17.1. The van der Waals surface area contributed by atoms with Crippen molar-refractivity contribution in [2.24, 2.45) is 5.92 Å². The lowest BCUT2D eigenvalue weighted by atomic mass is 10.2. The highest BCUT2D eigenvalue weighted by molar-refractivity contribution is 7.99. The van der Waals surface area contributed by atoms with Crippen molar-refractivity contribution in [3.8, 4) is 0 Å². The Bertz CT molecular complexity index is 380. The van der Waals surface area contributed by atoms with Crippen molar-refractivity contribution < 1.29 is 0 Å². The second-order valence-electron chi connectivity index (χ2n) is 4.50. The predicted molar refractivity (Wildman–Crippen MR) is 77.4 cm³/mol. The first-order valence-corrected chi connectivity index (χ1v) is 7.72. The molecule has 0 heterocycles. The molecule has 1 unspecified atom stereocenters. The summed E-state index contributed by atoms with van der Waals surface area (Å²) in [6.45, 7) is 3.29. The molecule has 1 aliphatic carbocycles. The number of hydrogen-bond acceptors (Lipinski definition) is 2. The first-order chi connectivity index (χ1) is 8.16. The van der Waals surface area contributed by atoms with E-state index in [1.165, 1.54) is 12.8 Å². The van der Waals surface area contributed by atoms with Gasteiger partial charge in [0.2, 0.25) is 0 Å². The third kappa shape index (κ3) is 4.36. The fourth-order valence-corrected chi connectivity index (χ4v) is 3.17. The van der Waals surface area contributed by atoms with E-state index >= 15 is 0 Å². The summed E-state index contributed by atoms with van der Waals surface area (Å²) in [6, 6.07) is 6.26. The molecule has 1 saturated carbocycles. The first kappa shape index (κ1) is 13.5. The minimum absolute atomic E-state index is 0.658. The van der Waals surface area contributed by atoms with E-state index in [4.69, 9.17) is 23.2 Å². The summed E-state index contributed by atoms with van der Waals surface area (Å²) in [5.41, 5.74) is 0. The van der Waals surface area contributed by atoms with E-state index in [-0.39, 0.29) is 0 Å². The van der Waals surface area contributed by atoms with Gasteiger partial charge in [0, 0.05) is 28.3 Å². The van der Waals surface area contributed by atoms with E-state index in [0.717, 1.165) is 33.2 Å². The van der Waals surface area contributed by atoms with E-state index in [0.29, 0.717) is 6.04 Å². The number of rotatable bonds is 6. The van der Waals surface area contributed by atoms with Gasteiger partial charge in [0.25, 0.3) is 0 Å². The van der Waals surface area contributed by atoms with Crippen molar-refractivity contribution in [3.05, 3.63) is 28.2 Å². The monoisotopic (exact) mass is 289 g/mol. The summed E-state index contributed by atoms with van der Waals surface area (Å²) in [5.74, 6) is 1.94. The zero-order valence-corrected chi connectivity index (χ0v) is 12.2. The van der Waals surface area contributed by atoms with E-state index in [1.54, 1.807) is 11.8 Å². The van der Waals surface area contributed by atoms with Gasteiger partial charge in [-0.2, -0.15) is 0 Å². The lowest BCUT2D eigenvalue weighted by molar-refractivity contribution is 0.514. The average Bonchev–Trinajstić information content (AvgIpc) is 3.12. The summed E-state index contributed by atoms with van der Waals surface area (Å²) in [7, 11) is 0. The Morgan fingerprint density at radius 1 is 1.41 bits per heavy atom. The Hall–Kier alpha value is 0.110. The molecule has 94 valence electrons. The minimum atomic E-state index is 0.658. The van der Waals surface area contributed by atoms with Crippen molar-refractivity contribution in [1.82, 2.24) is 5.32 Å². The van der Waals surface area contributed by atoms with Crippen LogP contribution in [-0.2, 0) is 0 Å². The maximum absolute atomic E-state index is 6.10. The molecular weight excluding hydrogens is 273 g/mol. The van der Waals surface area contributed by atoms with Crippen LogP contribution >= 0.6 is 35.0 Å². The lowest BCUT2D eigenvalue weighted by Gasteiger charge is -2.12. The topological polar surface area (TPSA) is 12.0 Å². The zero-order valence-electron chi connectivity index (χ0n) is 9.88. The summed E-state index contributed by atoms with van der Waals surface area (Å²) in [5, 5.41) is 5.09. The highest BCUT2D eigenvalue weighted by Gasteiger charge is 2.27.